The molecular formula is C19H18N6O2S2. The zero-order valence-corrected chi connectivity index (χ0v) is 17.3. The van der Waals surface area contributed by atoms with Gasteiger partial charge >= 0.3 is 0 Å². The van der Waals surface area contributed by atoms with Gasteiger partial charge in [0, 0.05) is 11.1 Å². The molecule has 1 aromatic heterocycles. The number of benzene rings is 2. The number of thiocarbonyl (C=S) groups is 1. The average Bonchev–Trinajstić information content (AvgIpc) is 3.13. The van der Waals surface area contributed by atoms with Gasteiger partial charge in [-0.1, -0.05) is 46.7 Å². The lowest BCUT2D eigenvalue weighted by Crippen LogP contribution is -2.41. The van der Waals surface area contributed by atoms with Gasteiger partial charge in [-0.3, -0.25) is 31.1 Å². The summed E-state index contributed by atoms with van der Waals surface area (Å²) in [5, 5.41) is 13.8. The van der Waals surface area contributed by atoms with Crippen molar-refractivity contribution in [3.8, 4) is 0 Å². The van der Waals surface area contributed by atoms with E-state index in [9.17, 15) is 9.59 Å². The molecule has 3 rings (SSSR count). The third-order valence-electron chi connectivity index (χ3n) is 3.72. The molecule has 0 spiro atoms. The molecular weight excluding hydrogens is 408 g/mol. The second kappa shape index (κ2) is 9.22. The predicted molar refractivity (Wildman–Crippen MR) is 117 cm³/mol. The van der Waals surface area contributed by atoms with Crippen LogP contribution < -0.4 is 21.5 Å². The van der Waals surface area contributed by atoms with Crippen molar-refractivity contribution in [1.82, 2.24) is 20.9 Å². The van der Waals surface area contributed by atoms with Crippen LogP contribution in [0.25, 0.3) is 0 Å². The minimum absolute atomic E-state index is 0.0806. The second-order valence-corrected chi connectivity index (χ2v) is 7.52. The summed E-state index contributed by atoms with van der Waals surface area (Å²) in [6.07, 6.45) is 0. The molecule has 0 radical (unpaired) electrons. The molecule has 0 unspecified atom stereocenters. The topological polar surface area (TPSA) is 108 Å². The molecule has 1 heterocycles. The van der Waals surface area contributed by atoms with Crippen LogP contribution in [0.2, 0.25) is 0 Å². The molecule has 2 aromatic carbocycles. The van der Waals surface area contributed by atoms with Crippen molar-refractivity contribution in [2.24, 2.45) is 0 Å². The molecule has 0 saturated carbocycles. The number of hydrogen-bond donors (Lipinski definition) is 4. The second-order valence-electron chi connectivity index (χ2n) is 6.14. The van der Waals surface area contributed by atoms with Gasteiger partial charge in [0.25, 0.3) is 11.8 Å². The SMILES string of the molecule is Cc1cccc(C(=O)NC(=S)NNc2nnc(NC(=O)c3cccc(C)c3)s2)c1. The Bertz CT molecular complexity index is 1070. The van der Waals surface area contributed by atoms with Gasteiger partial charge in [0.05, 0.1) is 0 Å². The lowest BCUT2D eigenvalue weighted by Gasteiger charge is -2.09. The van der Waals surface area contributed by atoms with E-state index in [4.69, 9.17) is 12.2 Å². The summed E-state index contributed by atoms with van der Waals surface area (Å²) in [6, 6.07) is 14.4. The molecule has 0 saturated heterocycles. The highest BCUT2D eigenvalue weighted by molar-refractivity contribution is 7.80. The molecule has 0 aliphatic heterocycles. The molecule has 148 valence electrons. The van der Waals surface area contributed by atoms with Crippen molar-refractivity contribution in [3.63, 3.8) is 0 Å². The Labute approximate surface area is 176 Å². The fourth-order valence-electron chi connectivity index (χ4n) is 2.38. The van der Waals surface area contributed by atoms with E-state index in [-0.39, 0.29) is 16.9 Å². The highest BCUT2D eigenvalue weighted by Crippen LogP contribution is 2.20. The largest absolute Gasteiger partial charge is 0.298 e. The van der Waals surface area contributed by atoms with E-state index in [1.807, 2.05) is 32.0 Å². The Morgan fingerprint density at radius 1 is 0.897 bits per heavy atom. The number of aromatic nitrogens is 2. The molecule has 0 fully saturated rings. The van der Waals surface area contributed by atoms with E-state index in [1.165, 1.54) is 0 Å². The van der Waals surface area contributed by atoms with Crippen molar-refractivity contribution < 1.29 is 9.59 Å². The molecule has 0 bridgehead atoms. The molecule has 29 heavy (non-hydrogen) atoms. The molecule has 4 N–H and O–H groups in total. The smallest absolute Gasteiger partial charge is 0.257 e. The summed E-state index contributed by atoms with van der Waals surface area (Å²) in [5.41, 5.74) is 8.41. The van der Waals surface area contributed by atoms with Crippen LogP contribution in [0.3, 0.4) is 0 Å². The van der Waals surface area contributed by atoms with Gasteiger partial charge in [-0.2, -0.15) is 0 Å². The highest BCUT2D eigenvalue weighted by atomic mass is 32.1. The van der Waals surface area contributed by atoms with Crippen molar-refractivity contribution in [1.29, 1.82) is 0 Å². The highest BCUT2D eigenvalue weighted by Gasteiger charge is 2.11. The third-order valence-corrected chi connectivity index (χ3v) is 4.67. The van der Waals surface area contributed by atoms with E-state index < -0.39 is 0 Å². The summed E-state index contributed by atoms with van der Waals surface area (Å²) in [4.78, 5) is 24.4. The first kappa shape index (κ1) is 20.4. The van der Waals surface area contributed by atoms with Crippen LogP contribution in [0.15, 0.2) is 48.5 Å². The van der Waals surface area contributed by atoms with Gasteiger partial charge in [0.2, 0.25) is 10.3 Å². The van der Waals surface area contributed by atoms with Crippen LogP contribution in [0.4, 0.5) is 10.3 Å². The van der Waals surface area contributed by atoms with Gasteiger partial charge in [-0.15, -0.1) is 10.2 Å². The molecule has 0 aliphatic carbocycles. The van der Waals surface area contributed by atoms with Crippen molar-refractivity contribution in [2.75, 3.05) is 10.7 Å². The van der Waals surface area contributed by atoms with Crippen molar-refractivity contribution >= 4 is 50.7 Å². The van der Waals surface area contributed by atoms with Crippen LogP contribution >= 0.6 is 23.6 Å². The Balaban J connectivity index is 1.50. The Morgan fingerprint density at radius 2 is 1.48 bits per heavy atom. The molecule has 0 atom stereocenters. The van der Waals surface area contributed by atoms with Crippen LogP contribution in [0.5, 0.6) is 0 Å². The van der Waals surface area contributed by atoms with E-state index in [1.54, 1.807) is 30.3 Å². The summed E-state index contributed by atoms with van der Waals surface area (Å²) in [6.45, 7) is 3.82. The summed E-state index contributed by atoms with van der Waals surface area (Å²) in [7, 11) is 0. The number of anilines is 2. The lowest BCUT2D eigenvalue weighted by atomic mass is 10.1. The standard InChI is InChI=1S/C19H18N6O2S2/c1-11-5-3-7-13(9-11)15(26)20-17(28)22-24-19-25-23-18(29-19)21-16(27)14-8-4-6-12(2)10-14/h3-10H,1-2H3,(H,24,25)(H,21,23,27)(H2,20,22,26,28). The van der Waals surface area contributed by atoms with Gasteiger partial charge in [-0.05, 0) is 50.3 Å². The Morgan fingerprint density at radius 3 is 2.10 bits per heavy atom. The minimum atomic E-state index is -0.323. The predicted octanol–water partition coefficient (Wildman–Crippen LogP) is 3.04. The molecule has 10 heteroatoms. The van der Waals surface area contributed by atoms with Crippen LogP contribution in [0.1, 0.15) is 31.8 Å². The van der Waals surface area contributed by atoms with Crippen molar-refractivity contribution in [2.45, 2.75) is 13.8 Å². The van der Waals surface area contributed by atoms with Gasteiger partial charge in [0.1, 0.15) is 0 Å². The van der Waals surface area contributed by atoms with Crippen LogP contribution in [-0.2, 0) is 0 Å². The van der Waals surface area contributed by atoms with E-state index in [0.29, 0.717) is 21.4 Å². The van der Waals surface area contributed by atoms with Gasteiger partial charge < -0.3 is 0 Å². The summed E-state index contributed by atoms with van der Waals surface area (Å²) < 4.78 is 0. The number of rotatable bonds is 5. The molecule has 0 aliphatic rings. The van der Waals surface area contributed by atoms with E-state index >= 15 is 0 Å². The van der Waals surface area contributed by atoms with Crippen molar-refractivity contribution in [3.05, 3.63) is 70.8 Å². The van der Waals surface area contributed by atoms with Gasteiger partial charge in [-0.25, -0.2) is 0 Å². The normalized spacial score (nSPS) is 10.1. The number of aryl methyl sites for hydroxylation is 2. The zero-order chi connectivity index (χ0) is 20.8. The van der Waals surface area contributed by atoms with Crippen LogP contribution in [0, 0.1) is 13.8 Å². The number of hydrogen-bond acceptors (Lipinski definition) is 7. The monoisotopic (exact) mass is 426 g/mol. The number of nitrogens with zero attached hydrogens (tertiary/aromatic N) is 2. The molecule has 8 nitrogen and oxygen atoms in total. The average molecular weight is 427 g/mol. The number of amides is 2. The maximum Gasteiger partial charge on any atom is 0.257 e. The Hall–Kier alpha value is -3.37. The van der Waals surface area contributed by atoms with E-state index in [0.717, 1.165) is 22.5 Å². The first-order valence-electron chi connectivity index (χ1n) is 8.56. The van der Waals surface area contributed by atoms with E-state index in [2.05, 4.69) is 31.7 Å². The maximum absolute atomic E-state index is 12.2. The molecule has 2 amide bonds. The fraction of sp³-hybridized carbons (Fsp3) is 0.105. The zero-order valence-electron chi connectivity index (χ0n) is 15.6. The summed E-state index contributed by atoms with van der Waals surface area (Å²) >= 11 is 6.22. The van der Waals surface area contributed by atoms with Gasteiger partial charge in [0.15, 0.2) is 5.11 Å². The summed E-state index contributed by atoms with van der Waals surface area (Å²) in [5.74, 6) is -0.596. The quantitative estimate of drug-likeness (QED) is 0.367. The first-order chi connectivity index (χ1) is 13.9. The number of hydrazine groups is 1. The first-order valence-corrected chi connectivity index (χ1v) is 9.79. The third kappa shape index (κ3) is 5.80. The minimum Gasteiger partial charge on any atom is -0.298 e. The Kier molecular flexibility index (Phi) is 6.47. The lowest BCUT2D eigenvalue weighted by molar-refractivity contribution is 0.0975. The fourth-order valence-corrected chi connectivity index (χ4v) is 3.12. The van der Waals surface area contributed by atoms with Crippen LogP contribution in [-0.4, -0.2) is 27.1 Å². The number of carbonyl (C=O) groups excluding carboxylic acids is 2. The maximum atomic E-state index is 12.2. The molecule has 3 aromatic rings. The number of carbonyl (C=O) groups is 2. The number of nitrogens with one attached hydrogen (secondary N) is 4.